The predicted octanol–water partition coefficient (Wildman–Crippen LogP) is 2.31. The first-order valence-electron chi connectivity index (χ1n) is 4.91. The molecule has 0 spiro atoms. The van der Waals surface area contributed by atoms with Gasteiger partial charge in [0.05, 0.1) is 4.90 Å². The molecule has 0 aliphatic carbocycles. The summed E-state index contributed by atoms with van der Waals surface area (Å²) in [4.78, 5) is 0.381. The summed E-state index contributed by atoms with van der Waals surface area (Å²) in [6, 6.07) is 5.14. The first kappa shape index (κ1) is 11.8. The van der Waals surface area contributed by atoms with Crippen molar-refractivity contribution < 1.29 is 8.42 Å². The van der Waals surface area contributed by atoms with Gasteiger partial charge < -0.3 is 5.73 Å². The Labute approximate surface area is 103 Å². The molecule has 86 valence electrons. The first-order valence-corrected chi connectivity index (χ1v) is 7.25. The molecule has 0 aromatic heterocycles. The number of fused-ring (bicyclic) bond motifs is 1. The highest BCUT2D eigenvalue weighted by atomic mass is 79.9. The fourth-order valence-corrected chi connectivity index (χ4v) is 3.66. The van der Waals surface area contributed by atoms with Gasteiger partial charge in [-0.05, 0) is 42.7 Å². The monoisotopic (exact) mass is 301 g/mol. The van der Waals surface area contributed by atoms with Gasteiger partial charge in [-0.25, -0.2) is 8.42 Å². The van der Waals surface area contributed by atoms with E-state index in [0.29, 0.717) is 11.3 Å². The van der Waals surface area contributed by atoms with Gasteiger partial charge in [0.15, 0.2) is 0 Å². The van der Waals surface area contributed by atoms with E-state index in [1.807, 2.05) is 13.0 Å². The molecule has 1 aromatic carbocycles. The lowest BCUT2D eigenvalue weighted by molar-refractivity contribution is 0.605. The topological polar surface area (TPSA) is 60.2 Å². The van der Waals surface area contributed by atoms with Gasteiger partial charge in [-0.15, -0.1) is 0 Å². The van der Waals surface area contributed by atoms with E-state index >= 15 is 0 Å². The Morgan fingerprint density at radius 1 is 1.44 bits per heavy atom. The molecule has 0 saturated heterocycles. The fourth-order valence-electron chi connectivity index (χ4n) is 1.82. The maximum atomic E-state index is 11.8. The standard InChI is InChI=1S/C11H12BrNO2S/c1-7(13)4-8-6-16(14,15)11-3-2-9(12)5-10(8)11/h2-3,5-7H,4,13H2,1H3. The third-order valence-corrected chi connectivity index (χ3v) is 4.49. The third-order valence-electron chi connectivity index (χ3n) is 2.43. The molecule has 3 nitrogen and oxygen atoms in total. The van der Waals surface area contributed by atoms with Gasteiger partial charge in [-0.3, -0.25) is 0 Å². The van der Waals surface area contributed by atoms with Crippen LogP contribution < -0.4 is 5.73 Å². The normalized spacial score (nSPS) is 19.1. The van der Waals surface area contributed by atoms with Crippen LogP contribution in [0.2, 0.25) is 0 Å². The van der Waals surface area contributed by atoms with E-state index in [1.54, 1.807) is 12.1 Å². The van der Waals surface area contributed by atoms with E-state index in [0.717, 1.165) is 15.6 Å². The van der Waals surface area contributed by atoms with Gasteiger partial charge >= 0.3 is 0 Å². The van der Waals surface area contributed by atoms with Crippen molar-refractivity contribution in [2.75, 3.05) is 0 Å². The van der Waals surface area contributed by atoms with Crippen molar-refractivity contribution in [1.82, 2.24) is 0 Å². The molecule has 0 amide bonds. The van der Waals surface area contributed by atoms with Crippen LogP contribution >= 0.6 is 15.9 Å². The molecule has 1 heterocycles. The number of nitrogens with two attached hydrogens (primary N) is 1. The number of benzene rings is 1. The summed E-state index contributed by atoms with van der Waals surface area (Å²) in [5, 5.41) is 1.33. The largest absolute Gasteiger partial charge is 0.328 e. The SMILES string of the molecule is CC(N)CC1=CS(=O)(=O)c2ccc(Br)cc21. The second kappa shape index (κ2) is 3.98. The van der Waals surface area contributed by atoms with Crippen LogP contribution in [0.25, 0.3) is 5.57 Å². The zero-order chi connectivity index (χ0) is 11.9. The zero-order valence-corrected chi connectivity index (χ0v) is 11.2. The Morgan fingerprint density at radius 3 is 2.75 bits per heavy atom. The quantitative estimate of drug-likeness (QED) is 0.912. The lowest BCUT2D eigenvalue weighted by Gasteiger charge is -2.07. The molecule has 2 rings (SSSR count). The minimum Gasteiger partial charge on any atom is -0.328 e. The Morgan fingerprint density at radius 2 is 2.12 bits per heavy atom. The highest BCUT2D eigenvalue weighted by Crippen LogP contribution is 2.37. The van der Waals surface area contributed by atoms with E-state index in [4.69, 9.17) is 5.73 Å². The van der Waals surface area contributed by atoms with E-state index in [1.165, 1.54) is 5.41 Å². The molecule has 1 aliphatic rings. The highest BCUT2D eigenvalue weighted by molar-refractivity contribution is 9.10. The third kappa shape index (κ3) is 2.07. The van der Waals surface area contributed by atoms with Crippen LogP contribution in [-0.4, -0.2) is 14.5 Å². The van der Waals surface area contributed by atoms with Crippen molar-refractivity contribution in [1.29, 1.82) is 0 Å². The lowest BCUT2D eigenvalue weighted by atomic mass is 10.0. The number of rotatable bonds is 2. The number of hydrogen-bond acceptors (Lipinski definition) is 3. The summed E-state index contributed by atoms with van der Waals surface area (Å²) in [7, 11) is -3.26. The van der Waals surface area contributed by atoms with E-state index < -0.39 is 9.84 Å². The first-order chi connectivity index (χ1) is 7.40. The van der Waals surface area contributed by atoms with Crippen LogP contribution in [0.15, 0.2) is 33.0 Å². The Bertz CT molecular complexity index is 561. The highest BCUT2D eigenvalue weighted by Gasteiger charge is 2.27. The average molecular weight is 302 g/mol. The number of halogens is 1. The number of sulfone groups is 1. The molecule has 0 saturated carbocycles. The summed E-state index contributed by atoms with van der Waals surface area (Å²) < 4.78 is 24.5. The van der Waals surface area contributed by atoms with Crippen molar-refractivity contribution in [2.24, 2.45) is 5.73 Å². The molecule has 1 atom stereocenters. The molecule has 5 heteroatoms. The van der Waals surface area contributed by atoms with Crippen LogP contribution in [0.5, 0.6) is 0 Å². The van der Waals surface area contributed by atoms with Crippen molar-refractivity contribution in [3.63, 3.8) is 0 Å². The molecule has 1 aromatic rings. The second-order valence-corrected chi connectivity index (χ2v) is 6.69. The molecule has 1 aliphatic heterocycles. The molecule has 16 heavy (non-hydrogen) atoms. The van der Waals surface area contributed by atoms with Crippen molar-refractivity contribution in [3.05, 3.63) is 33.6 Å². The van der Waals surface area contributed by atoms with Crippen LogP contribution in [-0.2, 0) is 9.84 Å². The summed E-state index contributed by atoms with van der Waals surface area (Å²) >= 11 is 3.34. The van der Waals surface area contributed by atoms with E-state index in [9.17, 15) is 8.42 Å². The van der Waals surface area contributed by atoms with Crippen molar-refractivity contribution >= 4 is 31.3 Å². The number of hydrogen-bond donors (Lipinski definition) is 1. The Balaban J connectivity index is 2.57. The molecular formula is C11H12BrNO2S. The van der Waals surface area contributed by atoms with Gasteiger partial charge in [-0.2, -0.15) is 0 Å². The maximum Gasteiger partial charge on any atom is 0.200 e. The zero-order valence-electron chi connectivity index (χ0n) is 8.77. The van der Waals surface area contributed by atoms with Crippen LogP contribution in [0.1, 0.15) is 18.9 Å². The minimum atomic E-state index is -3.26. The predicted molar refractivity (Wildman–Crippen MR) is 67.6 cm³/mol. The van der Waals surface area contributed by atoms with Crippen LogP contribution in [0.3, 0.4) is 0 Å². The van der Waals surface area contributed by atoms with Gasteiger partial charge in [0.25, 0.3) is 0 Å². The van der Waals surface area contributed by atoms with Gasteiger partial charge in [-0.1, -0.05) is 15.9 Å². The summed E-state index contributed by atoms with van der Waals surface area (Å²) in [6.07, 6.45) is 0.572. The molecular weight excluding hydrogens is 290 g/mol. The molecule has 0 bridgehead atoms. The second-order valence-electron chi connectivity index (χ2n) is 4.01. The van der Waals surface area contributed by atoms with Gasteiger partial charge in [0.1, 0.15) is 0 Å². The molecule has 0 radical (unpaired) electrons. The van der Waals surface area contributed by atoms with Gasteiger partial charge in [0, 0.05) is 15.9 Å². The molecule has 0 fully saturated rings. The lowest BCUT2D eigenvalue weighted by Crippen LogP contribution is -2.14. The summed E-state index contributed by atoms with van der Waals surface area (Å²) in [5.41, 5.74) is 7.28. The molecule has 2 N–H and O–H groups in total. The maximum absolute atomic E-state index is 11.8. The fraction of sp³-hybridized carbons (Fsp3) is 0.273. The van der Waals surface area contributed by atoms with Crippen LogP contribution in [0.4, 0.5) is 0 Å². The van der Waals surface area contributed by atoms with Crippen LogP contribution in [0, 0.1) is 0 Å². The van der Waals surface area contributed by atoms with Crippen molar-refractivity contribution in [3.8, 4) is 0 Å². The Kier molecular flexibility index (Phi) is 2.94. The smallest absolute Gasteiger partial charge is 0.200 e. The average Bonchev–Trinajstić information content (AvgIpc) is 2.37. The molecule has 1 unspecified atom stereocenters. The summed E-state index contributed by atoms with van der Waals surface area (Å²) in [6.45, 7) is 1.86. The van der Waals surface area contributed by atoms with Crippen molar-refractivity contribution in [2.45, 2.75) is 24.3 Å². The minimum absolute atomic E-state index is 0.0496. The summed E-state index contributed by atoms with van der Waals surface area (Å²) in [5.74, 6) is 0. The van der Waals surface area contributed by atoms with E-state index in [-0.39, 0.29) is 6.04 Å². The van der Waals surface area contributed by atoms with E-state index in [2.05, 4.69) is 15.9 Å². The van der Waals surface area contributed by atoms with Gasteiger partial charge in [0.2, 0.25) is 9.84 Å². The Hall–Kier alpha value is -0.650.